The van der Waals surface area contributed by atoms with Gasteiger partial charge in [0.1, 0.15) is 17.2 Å². The van der Waals surface area contributed by atoms with E-state index in [1.54, 1.807) is 11.3 Å². The summed E-state index contributed by atoms with van der Waals surface area (Å²) in [6.07, 6.45) is 0. The molecule has 4 heteroatoms. The molecule has 8 aromatic rings. The normalized spacial score (nSPS) is 11.3. The van der Waals surface area contributed by atoms with Crippen LogP contribution in [0.25, 0.3) is 75.5 Å². The molecule has 0 amide bonds. The van der Waals surface area contributed by atoms with Gasteiger partial charge in [-0.15, -0.1) is 11.3 Å². The van der Waals surface area contributed by atoms with E-state index >= 15 is 0 Å². The van der Waals surface area contributed by atoms with Crippen molar-refractivity contribution in [3.05, 3.63) is 132 Å². The Hall–Kier alpha value is -5.68. The van der Waals surface area contributed by atoms with Crippen molar-refractivity contribution in [2.24, 2.45) is 0 Å². The van der Waals surface area contributed by atoms with Gasteiger partial charge in [-0.05, 0) is 82.9 Å². The van der Waals surface area contributed by atoms with Crippen LogP contribution in [0.5, 0.6) is 0 Å². The smallest absolute Gasteiger partial charge is 0.135 e. The fourth-order valence-electron chi connectivity index (χ4n) is 5.94. The minimum Gasteiger partial charge on any atom is -0.456 e. The van der Waals surface area contributed by atoms with Gasteiger partial charge < -0.3 is 4.42 Å². The molecule has 0 atom stereocenters. The SMILES string of the molecule is N#Cc1cccc(-c2cc(-c3ccc4oc5ccccc5c4c3)c(C#N)c(-c3ccc4sc5ccccc5c4c3)c2)c1. The lowest BCUT2D eigenvalue weighted by molar-refractivity contribution is 0.669. The molecule has 0 bridgehead atoms. The third-order valence-electron chi connectivity index (χ3n) is 7.95. The lowest BCUT2D eigenvalue weighted by Crippen LogP contribution is -1.93. The summed E-state index contributed by atoms with van der Waals surface area (Å²) in [7, 11) is 0. The average Bonchev–Trinajstić information content (AvgIpc) is 3.61. The fourth-order valence-corrected chi connectivity index (χ4v) is 7.03. The number of hydrogen-bond donors (Lipinski definition) is 0. The van der Waals surface area contributed by atoms with E-state index in [1.165, 1.54) is 20.2 Å². The second-order valence-electron chi connectivity index (χ2n) is 10.4. The molecule has 0 N–H and O–H groups in total. The summed E-state index contributed by atoms with van der Waals surface area (Å²) in [4.78, 5) is 0. The predicted octanol–water partition coefficient (Wildman–Crippen LogP) is 10.7. The standard InChI is InChI=1S/C38H20N2OS/c39-21-23-6-5-7-24(16-23)27-19-30(25-12-14-36-32(17-25)28-8-1-3-10-35(28)41-36)34(22-40)31(20-27)26-13-15-38-33(18-26)29-9-2-4-11-37(29)42-38/h1-20H. The van der Waals surface area contributed by atoms with Crippen LogP contribution in [0.15, 0.2) is 126 Å². The number of benzene rings is 6. The maximum absolute atomic E-state index is 10.6. The van der Waals surface area contributed by atoms with Crippen LogP contribution in [-0.4, -0.2) is 0 Å². The molecule has 194 valence electrons. The van der Waals surface area contributed by atoms with Gasteiger partial charge in [0, 0.05) is 42.1 Å². The second kappa shape index (κ2) is 9.46. The van der Waals surface area contributed by atoms with Crippen LogP contribution in [0, 0.1) is 22.7 Å². The summed E-state index contributed by atoms with van der Waals surface area (Å²) in [6.45, 7) is 0. The first-order chi connectivity index (χ1) is 20.7. The number of nitrogens with zero attached hydrogens (tertiary/aromatic N) is 2. The zero-order chi connectivity index (χ0) is 28.2. The molecule has 3 nitrogen and oxygen atoms in total. The van der Waals surface area contributed by atoms with Crippen LogP contribution >= 0.6 is 11.3 Å². The third-order valence-corrected chi connectivity index (χ3v) is 9.10. The predicted molar refractivity (Wildman–Crippen MR) is 172 cm³/mol. The molecule has 42 heavy (non-hydrogen) atoms. The molecule has 0 aliphatic heterocycles. The van der Waals surface area contributed by atoms with Crippen molar-refractivity contribution in [3.63, 3.8) is 0 Å². The summed E-state index contributed by atoms with van der Waals surface area (Å²) < 4.78 is 8.55. The van der Waals surface area contributed by atoms with E-state index in [0.29, 0.717) is 11.1 Å². The molecular formula is C38H20N2OS. The zero-order valence-electron chi connectivity index (χ0n) is 22.3. The van der Waals surface area contributed by atoms with Crippen LogP contribution < -0.4 is 0 Å². The summed E-state index contributed by atoms with van der Waals surface area (Å²) in [5.74, 6) is 0. The molecule has 0 saturated carbocycles. The van der Waals surface area contributed by atoms with Crippen LogP contribution in [0.3, 0.4) is 0 Å². The van der Waals surface area contributed by atoms with Gasteiger partial charge in [-0.25, -0.2) is 0 Å². The summed E-state index contributed by atoms with van der Waals surface area (Å²) in [5.41, 5.74) is 8.36. The number of fused-ring (bicyclic) bond motifs is 6. The monoisotopic (exact) mass is 552 g/mol. The molecule has 0 aliphatic rings. The Bertz CT molecular complexity index is 2310. The van der Waals surface area contributed by atoms with E-state index in [-0.39, 0.29) is 0 Å². The first kappa shape index (κ1) is 24.1. The van der Waals surface area contributed by atoms with Gasteiger partial charge in [0.2, 0.25) is 0 Å². The Morgan fingerprint density at radius 3 is 1.98 bits per heavy atom. The van der Waals surface area contributed by atoms with Crippen LogP contribution in [-0.2, 0) is 0 Å². The average molecular weight is 553 g/mol. The van der Waals surface area contributed by atoms with Gasteiger partial charge in [0.25, 0.3) is 0 Å². The highest BCUT2D eigenvalue weighted by molar-refractivity contribution is 7.25. The van der Waals surface area contributed by atoms with E-state index < -0.39 is 0 Å². The van der Waals surface area contributed by atoms with Crippen molar-refractivity contribution >= 4 is 53.4 Å². The molecule has 8 rings (SSSR count). The molecule has 0 fully saturated rings. The summed E-state index contributed by atoms with van der Waals surface area (Å²) in [5, 5.41) is 24.7. The van der Waals surface area contributed by atoms with Gasteiger partial charge in [-0.2, -0.15) is 10.5 Å². The van der Waals surface area contributed by atoms with Crippen molar-refractivity contribution < 1.29 is 4.42 Å². The second-order valence-corrected chi connectivity index (χ2v) is 11.5. The largest absolute Gasteiger partial charge is 0.456 e. The minimum atomic E-state index is 0.595. The lowest BCUT2D eigenvalue weighted by Gasteiger charge is -2.15. The molecule has 6 aromatic carbocycles. The lowest BCUT2D eigenvalue weighted by atomic mass is 9.87. The Kier molecular flexibility index (Phi) is 5.44. The maximum Gasteiger partial charge on any atom is 0.135 e. The van der Waals surface area contributed by atoms with Crippen molar-refractivity contribution in [2.45, 2.75) is 0 Å². The van der Waals surface area contributed by atoms with E-state index in [2.05, 4.69) is 78.9 Å². The first-order valence-corrected chi connectivity index (χ1v) is 14.4. The molecule has 0 unspecified atom stereocenters. The summed E-state index contributed by atoms with van der Waals surface area (Å²) in [6, 6.07) is 45.6. The van der Waals surface area contributed by atoms with Gasteiger partial charge in [0.05, 0.1) is 17.2 Å². The van der Waals surface area contributed by atoms with Gasteiger partial charge in [-0.3, -0.25) is 0 Å². The number of para-hydroxylation sites is 1. The van der Waals surface area contributed by atoms with E-state index in [1.807, 2.05) is 54.6 Å². The van der Waals surface area contributed by atoms with Gasteiger partial charge in [0.15, 0.2) is 0 Å². The van der Waals surface area contributed by atoms with E-state index in [0.717, 1.165) is 55.3 Å². The highest BCUT2D eigenvalue weighted by Crippen LogP contribution is 2.42. The fraction of sp³-hybridized carbons (Fsp3) is 0. The Balaban J connectivity index is 1.42. The number of nitriles is 2. The highest BCUT2D eigenvalue weighted by Gasteiger charge is 2.18. The Labute approximate surface area is 245 Å². The molecule has 0 aliphatic carbocycles. The Morgan fingerprint density at radius 1 is 0.476 bits per heavy atom. The third kappa shape index (κ3) is 3.79. The first-order valence-electron chi connectivity index (χ1n) is 13.6. The number of hydrogen-bond acceptors (Lipinski definition) is 4. The highest BCUT2D eigenvalue weighted by atomic mass is 32.1. The number of furan rings is 1. The number of thiophene rings is 1. The summed E-state index contributed by atoms with van der Waals surface area (Å²) >= 11 is 1.78. The van der Waals surface area contributed by atoms with Crippen molar-refractivity contribution in [1.29, 1.82) is 10.5 Å². The molecule has 2 aromatic heterocycles. The van der Waals surface area contributed by atoms with Crippen LogP contribution in [0.2, 0.25) is 0 Å². The molecule has 0 saturated heterocycles. The molecule has 0 radical (unpaired) electrons. The Morgan fingerprint density at radius 2 is 1.17 bits per heavy atom. The zero-order valence-corrected chi connectivity index (χ0v) is 23.1. The quantitative estimate of drug-likeness (QED) is 0.219. The molecule has 0 spiro atoms. The van der Waals surface area contributed by atoms with E-state index in [4.69, 9.17) is 4.42 Å². The van der Waals surface area contributed by atoms with E-state index in [9.17, 15) is 10.5 Å². The topological polar surface area (TPSA) is 60.7 Å². The van der Waals surface area contributed by atoms with Gasteiger partial charge in [-0.1, -0.05) is 60.7 Å². The maximum atomic E-state index is 10.6. The van der Waals surface area contributed by atoms with Crippen LogP contribution in [0.4, 0.5) is 0 Å². The van der Waals surface area contributed by atoms with Crippen LogP contribution in [0.1, 0.15) is 11.1 Å². The van der Waals surface area contributed by atoms with Crippen molar-refractivity contribution in [1.82, 2.24) is 0 Å². The van der Waals surface area contributed by atoms with Gasteiger partial charge >= 0.3 is 0 Å². The minimum absolute atomic E-state index is 0.595. The van der Waals surface area contributed by atoms with Crippen molar-refractivity contribution in [2.75, 3.05) is 0 Å². The molecule has 2 heterocycles. The molecular weight excluding hydrogens is 532 g/mol. The van der Waals surface area contributed by atoms with Crippen molar-refractivity contribution in [3.8, 4) is 45.5 Å². The number of rotatable bonds is 3.